The standard InChI is InChI=1S/C18H31N3O3S/c1-12(2)15(9-14-10-25-11-20-14)17(22)19-8-6-5-7-16(18(23)24)21-13(3)4/h10-13,15-16,21H,5-9H2,1-4H3,(H,19,22)(H,23,24)/t15-,16-/m0/s1. The first-order valence-corrected chi connectivity index (χ1v) is 9.89. The topological polar surface area (TPSA) is 91.3 Å². The zero-order chi connectivity index (χ0) is 18.8. The molecule has 1 amide bonds. The molecule has 0 saturated heterocycles. The van der Waals surface area contributed by atoms with Gasteiger partial charge in [-0.2, -0.15) is 0 Å². The second-order valence-corrected chi connectivity index (χ2v) is 7.75. The Balaban J connectivity index is 2.33. The molecule has 1 rings (SSSR count). The molecule has 6 nitrogen and oxygen atoms in total. The number of carbonyl (C=O) groups excluding carboxylic acids is 1. The molecular weight excluding hydrogens is 338 g/mol. The van der Waals surface area contributed by atoms with Crippen LogP contribution in [-0.2, 0) is 16.0 Å². The van der Waals surface area contributed by atoms with Crippen LogP contribution in [0.5, 0.6) is 0 Å². The van der Waals surface area contributed by atoms with E-state index in [1.54, 1.807) is 16.8 Å². The van der Waals surface area contributed by atoms with Gasteiger partial charge in [0.05, 0.1) is 11.2 Å². The largest absolute Gasteiger partial charge is 0.480 e. The molecule has 0 fully saturated rings. The predicted octanol–water partition coefficient (Wildman–Crippen LogP) is 2.70. The number of aromatic nitrogens is 1. The third kappa shape index (κ3) is 8.45. The number of hydrogen-bond donors (Lipinski definition) is 3. The van der Waals surface area contributed by atoms with Crippen LogP contribution in [0.3, 0.4) is 0 Å². The van der Waals surface area contributed by atoms with Gasteiger partial charge < -0.3 is 15.7 Å². The predicted molar refractivity (Wildman–Crippen MR) is 101 cm³/mol. The van der Waals surface area contributed by atoms with Crippen LogP contribution in [0.1, 0.15) is 52.7 Å². The summed E-state index contributed by atoms with van der Waals surface area (Å²) < 4.78 is 0. The van der Waals surface area contributed by atoms with Gasteiger partial charge >= 0.3 is 5.97 Å². The van der Waals surface area contributed by atoms with Crippen molar-refractivity contribution in [2.75, 3.05) is 6.54 Å². The number of carboxylic acid groups (broad SMARTS) is 1. The second kappa shape index (κ2) is 11.2. The van der Waals surface area contributed by atoms with Crippen LogP contribution in [0.25, 0.3) is 0 Å². The van der Waals surface area contributed by atoms with E-state index in [4.69, 9.17) is 0 Å². The quantitative estimate of drug-likeness (QED) is 0.493. The molecule has 0 bridgehead atoms. The van der Waals surface area contributed by atoms with Crippen molar-refractivity contribution >= 4 is 23.2 Å². The van der Waals surface area contributed by atoms with Crippen molar-refractivity contribution in [1.82, 2.24) is 15.6 Å². The summed E-state index contributed by atoms with van der Waals surface area (Å²) in [7, 11) is 0. The normalized spacial score (nSPS) is 13.8. The van der Waals surface area contributed by atoms with E-state index >= 15 is 0 Å². The van der Waals surface area contributed by atoms with Gasteiger partial charge in [0, 0.05) is 30.3 Å². The summed E-state index contributed by atoms with van der Waals surface area (Å²) in [6.45, 7) is 8.54. The maximum atomic E-state index is 12.4. The molecule has 0 aromatic carbocycles. The van der Waals surface area contributed by atoms with Crippen LogP contribution < -0.4 is 10.6 Å². The second-order valence-electron chi connectivity index (χ2n) is 7.03. The minimum absolute atomic E-state index is 0.0538. The highest BCUT2D eigenvalue weighted by atomic mass is 32.1. The Morgan fingerprint density at radius 2 is 1.96 bits per heavy atom. The number of rotatable bonds is 12. The molecule has 2 atom stereocenters. The van der Waals surface area contributed by atoms with E-state index in [2.05, 4.69) is 15.6 Å². The molecule has 0 spiro atoms. The molecule has 1 heterocycles. The number of thiazole rings is 1. The molecule has 142 valence electrons. The van der Waals surface area contributed by atoms with E-state index in [1.165, 1.54) is 0 Å². The number of unbranched alkanes of at least 4 members (excludes halogenated alkanes) is 1. The highest BCUT2D eigenvalue weighted by Gasteiger charge is 2.23. The Bertz CT molecular complexity index is 518. The van der Waals surface area contributed by atoms with Crippen molar-refractivity contribution in [1.29, 1.82) is 0 Å². The third-order valence-corrected chi connectivity index (χ3v) is 4.74. The number of nitrogens with one attached hydrogen (secondary N) is 2. The zero-order valence-electron chi connectivity index (χ0n) is 15.6. The molecule has 25 heavy (non-hydrogen) atoms. The number of hydrogen-bond acceptors (Lipinski definition) is 5. The van der Waals surface area contributed by atoms with Gasteiger partial charge in [-0.1, -0.05) is 27.7 Å². The van der Waals surface area contributed by atoms with Crippen LogP contribution in [0.4, 0.5) is 0 Å². The number of amides is 1. The van der Waals surface area contributed by atoms with E-state index in [1.807, 2.05) is 33.1 Å². The number of carboxylic acids is 1. The van der Waals surface area contributed by atoms with Crippen LogP contribution in [0.2, 0.25) is 0 Å². The maximum Gasteiger partial charge on any atom is 0.320 e. The summed E-state index contributed by atoms with van der Waals surface area (Å²) in [5.74, 6) is -0.608. The minimum Gasteiger partial charge on any atom is -0.480 e. The third-order valence-electron chi connectivity index (χ3n) is 4.11. The highest BCUT2D eigenvalue weighted by Crippen LogP contribution is 2.17. The van der Waals surface area contributed by atoms with Crippen molar-refractivity contribution in [2.24, 2.45) is 11.8 Å². The van der Waals surface area contributed by atoms with Gasteiger partial charge in [-0.25, -0.2) is 4.98 Å². The van der Waals surface area contributed by atoms with Gasteiger partial charge in [0.1, 0.15) is 6.04 Å². The fourth-order valence-electron chi connectivity index (χ4n) is 2.69. The molecule has 3 N–H and O–H groups in total. The fourth-order valence-corrected chi connectivity index (χ4v) is 3.26. The maximum absolute atomic E-state index is 12.4. The first-order valence-electron chi connectivity index (χ1n) is 8.94. The summed E-state index contributed by atoms with van der Waals surface area (Å²) in [4.78, 5) is 27.9. The van der Waals surface area contributed by atoms with Gasteiger partial charge in [-0.3, -0.25) is 9.59 Å². The lowest BCUT2D eigenvalue weighted by atomic mass is 9.90. The number of nitrogens with zero attached hydrogens (tertiary/aromatic N) is 1. The number of carbonyl (C=O) groups is 2. The lowest BCUT2D eigenvalue weighted by molar-refractivity contribution is -0.140. The molecule has 1 aromatic heterocycles. The molecule has 0 unspecified atom stereocenters. The molecule has 0 radical (unpaired) electrons. The molecule has 7 heteroatoms. The Morgan fingerprint density at radius 1 is 1.24 bits per heavy atom. The Morgan fingerprint density at radius 3 is 2.48 bits per heavy atom. The SMILES string of the molecule is CC(C)N[C@@H](CCCCNC(=O)[C@@H](Cc1cscn1)C(C)C)C(=O)O. The van der Waals surface area contributed by atoms with Gasteiger partial charge in [0.25, 0.3) is 0 Å². The number of aliphatic carboxylic acids is 1. The van der Waals surface area contributed by atoms with Crippen LogP contribution >= 0.6 is 11.3 Å². The molecule has 0 aliphatic carbocycles. The lowest BCUT2D eigenvalue weighted by Crippen LogP contribution is -2.41. The first-order chi connectivity index (χ1) is 11.8. The zero-order valence-corrected chi connectivity index (χ0v) is 16.4. The fraction of sp³-hybridized carbons (Fsp3) is 0.722. The summed E-state index contributed by atoms with van der Waals surface area (Å²) in [6.07, 6.45) is 2.76. The summed E-state index contributed by atoms with van der Waals surface area (Å²) in [6, 6.07) is -0.387. The van der Waals surface area contributed by atoms with Gasteiger partial charge in [-0.05, 0) is 25.2 Å². The monoisotopic (exact) mass is 369 g/mol. The van der Waals surface area contributed by atoms with Crippen molar-refractivity contribution in [3.8, 4) is 0 Å². The van der Waals surface area contributed by atoms with E-state index in [-0.39, 0.29) is 23.8 Å². The Kier molecular flexibility index (Phi) is 9.67. The average molecular weight is 370 g/mol. The van der Waals surface area contributed by atoms with E-state index in [9.17, 15) is 14.7 Å². The molecule has 0 aliphatic heterocycles. The van der Waals surface area contributed by atoms with Crippen LogP contribution in [0, 0.1) is 11.8 Å². The van der Waals surface area contributed by atoms with Crippen LogP contribution in [0.15, 0.2) is 10.9 Å². The molecule has 0 saturated carbocycles. The van der Waals surface area contributed by atoms with Crippen molar-refractivity contribution in [3.05, 3.63) is 16.6 Å². The van der Waals surface area contributed by atoms with Crippen molar-refractivity contribution in [2.45, 2.75) is 65.5 Å². The smallest absolute Gasteiger partial charge is 0.320 e. The average Bonchev–Trinajstić information content (AvgIpc) is 3.03. The molecular formula is C18H31N3O3S. The summed E-state index contributed by atoms with van der Waals surface area (Å²) in [5.41, 5.74) is 2.75. The minimum atomic E-state index is -0.819. The van der Waals surface area contributed by atoms with E-state index in [0.29, 0.717) is 19.4 Å². The van der Waals surface area contributed by atoms with Gasteiger partial charge in [-0.15, -0.1) is 11.3 Å². The van der Waals surface area contributed by atoms with Crippen molar-refractivity contribution in [3.63, 3.8) is 0 Å². The van der Waals surface area contributed by atoms with Gasteiger partial charge in [0.2, 0.25) is 5.91 Å². The van der Waals surface area contributed by atoms with E-state index < -0.39 is 12.0 Å². The van der Waals surface area contributed by atoms with Gasteiger partial charge in [0.15, 0.2) is 0 Å². The molecule has 1 aromatic rings. The summed E-state index contributed by atoms with van der Waals surface area (Å²) in [5, 5.41) is 17.2. The summed E-state index contributed by atoms with van der Waals surface area (Å²) >= 11 is 1.54. The highest BCUT2D eigenvalue weighted by molar-refractivity contribution is 7.07. The molecule has 0 aliphatic rings. The Labute approximate surface area is 154 Å². The van der Waals surface area contributed by atoms with E-state index in [0.717, 1.165) is 18.5 Å². The van der Waals surface area contributed by atoms with Crippen molar-refractivity contribution < 1.29 is 14.7 Å². The first kappa shape index (κ1) is 21.6. The van der Waals surface area contributed by atoms with Crippen LogP contribution in [-0.4, -0.2) is 40.6 Å². The lowest BCUT2D eigenvalue weighted by Gasteiger charge is -2.20. The Hall–Kier alpha value is -1.47.